The first-order chi connectivity index (χ1) is 11.4. The number of hydrogen-bond acceptors (Lipinski definition) is 7. The summed E-state index contributed by atoms with van der Waals surface area (Å²) in [7, 11) is 0. The minimum atomic E-state index is -0.384. The number of carbonyl (C=O) groups is 1. The summed E-state index contributed by atoms with van der Waals surface area (Å²) in [4.78, 5) is 16.6. The van der Waals surface area contributed by atoms with Gasteiger partial charge in [-0.2, -0.15) is 0 Å². The minimum absolute atomic E-state index is 0.139. The molecule has 0 saturated carbocycles. The molecule has 0 aliphatic carbocycles. The van der Waals surface area contributed by atoms with Crippen LogP contribution in [0.15, 0.2) is 51.2 Å². The van der Waals surface area contributed by atoms with Crippen molar-refractivity contribution in [2.75, 3.05) is 5.75 Å². The van der Waals surface area contributed by atoms with E-state index in [1.54, 1.807) is 31.1 Å². The number of ketones is 1. The van der Waals surface area contributed by atoms with E-state index in [9.17, 15) is 4.79 Å². The van der Waals surface area contributed by atoms with E-state index in [4.69, 9.17) is 8.83 Å². The monoisotopic (exact) mass is 343 g/mol. The number of rotatable bonds is 5. The molecule has 0 spiro atoms. The molecule has 24 heavy (non-hydrogen) atoms. The van der Waals surface area contributed by atoms with Gasteiger partial charge in [-0.1, -0.05) is 32.5 Å². The number of Topliss-reactive ketones (excluding diaryl/α,β-unsaturated/α-hetero) is 1. The fourth-order valence-corrected chi connectivity index (χ4v) is 2.86. The smallest absolute Gasteiger partial charge is 0.210 e. The third-order valence-electron chi connectivity index (χ3n) is 3.43. The third-order valence-corrected chi connectivity index (χ3v) is 4.26. The highest BCUT2D eigenvalue weighted by Gasteiger charge is 2.22. The van der Waals surface area contributed by atoms with Gasteiger partial charge in [-0.15, -0.1) is 10.2 Å². The molecule has 0 amide bonds. The summed E-state index contributed by atoms with van der Waals surface area (Å²) in [5.74, 6) is 0.445. The molecular formula is C17H17N3O3S. The first-order valence-corrected chi connectivity index (χ1v) is 8.39. The molecule has 0 aliphatic rings. The molecular weight excluding hydrogens is 326 g/mol. The quantitative estimate of drug-likeness (QED) is 0.645. The summed E-state index contributed by atoms with van der Waals surface area (Å²) in [6.07, 6.45) is 6.33. The average molecular weight is 343 g/mol. The van der Waals surface area contributed by atoms with Crippen molar-refractivity contribution in [3.8, 4) is 22.5 Å². The topological polar surface area (TPSA) is 82.0 Å². The molecule has 3 aromatic rings. The molecule has 0 N–H and O–H groups in total. The van der Waals surface area contributed by atoms with Crippen LogP contribution in [0.25, 0.3) is 22.5 Å². The lowest BCUT2D eigenvalue weighted by Crippen LogP contribution is -2.22. The molecule has 124 valence electrons. The van der Waals surface area contributed by atoms with Gasteiger partial charge in [0.05, 0.1) is 30.8 Å². The van der Waals surface area contributed by atoms with E-state index in [1.165, 1.54) is 11.8 Å². The van der Waals surface area contributed by atoms with Gasteiger partial charge >= 0.3 is 0 Å². The highest BCUT2D eigenvalue weighted by atomic mass is 32.2. The van der Waals surface area contributed by atoms with Crippen LogP contribution in [0.2, 0.25) is 0 Å². The Labute approximate surface area is 143 Å². The molecule has 0 atom stereocenters. The Morgan fingerprint density at radius 3 is 2.21 bits per heavy atom. The molecule has 3 aromatic heterocycles. The van der Waals surface area contributed by atoms with Crippen molar-refractivity contribution < 1.29 is 13.6 Å². The number of furan rings is 2. The van der Waals surface area contributed by atoms with Gasteiger partial charge in [0.2, 0.25) is 5.16 Å². The lowest BCUT2D eigenvalue weighted by molar-refractivity contribution is -0.123. The van der Waals surface area contributed by atoms with E-state index in [1.807, 2.05) is 26.8 Å². The Morgan fingerprint density at radius 1 is 1.04 bits per heavy atom. The van der Waals surface area contributed by atoms with E-state index >= 15 is 0 Å². The number of aromatic nitrogens is 3. The summed E-state index contributed by atoms with van der Waals surface area (Å²) in [5, 5.41) is 8.86. The fourth-order valence-electron chi connectivity index (χ4n) is 1.91. The summed E-state index contributed by atoms with van der Waals surface area (Å²) < 4.78 is 10.3. The predicted molar refractivity (Wildman–Crippen MR) is 90.4 cm³/mol. The summed E-state index contributed by atoms with van der Waals surface area (Å²) >= 11 is 1.28. The van der Waals surface area contributed by atoms with Crippen molar-refractivity contribution >= 4 is 17.5 Å². The highest BCUT2D eigenvalue weighted by molar-refractivity contribution is 7.99. The van der Waals surface area contributed by atoms with Crippen LogP contribution in [-0.4, -0.2) is 26.7 Å². The van der Waals surface area contributed by atoms with Crippen molar-refractivity contribution in [3.05, 3.63) is 37.2 Å². The SMILES string of the molecule is CC(C)(C)C(=O)CSc1nnc(-c2ccoc2)c(-c2ccoc2)n1. The highest BCUT2D eigenvalue weighted by Crippen LogP contribution is 2.30. The molecule has 7 heteroatoms. The maximum absolute atomic E-state index is 12.1. The Morgan fingerprint density at radius 2 is 1.67 bits per heavy atom. The summed E-state index contributed by atoms with van der Waals surface area (Å²) in [6.45, 7) is 5.69. The molecule has 0 bridgehead atoms. The lowest BCUT2D eigenvalue weighted by atomic mass is 9.92. The molecule has 0 aliphatic heterocycles. The van der Waals surface area contributed by atoms with Crippen molar-refractivity contribution in [2.24, 2.45) is 5.41 Å². The van der Waals surface area contributed by atoms with E-state index < -0.39 is 0 Å². The first kappa shape index (κ1) is 16.4. The van der Waals surface area contributed by atoms with Crippen LogP contribution in [-0.2, 0) is 4.79 Å². The zero-order valence-electron chi connectivity index (χ0n) is 13.6. The number of thioether (sulfide) groups is 1. The fraction of sp³-hybridized carbons (Fsp3) is 0.294. The summed E-state index contributed by atoms with van der Waals surface area (Å²) in [5.41, 5.74) is 2.45. The van der Waals surface area contributed by atoms with Gasteiger partial charge in [-0.25, -0.2) is 4.98 Å². The Bertz CT molecular complexity index is 821. The minimum Gasteiger partial charge on any atom is -0.472 e. The van der Waals surface area contributed by atoms with Crippen LogP contribution < -0.4 is 0 Å². The van der Waals surface area contributed by atoms with Crippen LogP contribution in [0.5, 0.6) is 0 Å². The maximum atomic E-state index is 12.1. The van der Waals surface area contributed by atoms with Crippen LogP contribution in [0, 0.1) is 5.41 Å². The number of hydrogen-bond donors (Lipinski definition) is 0. The van der Waals surface area contributed by atoms with Gasteiger partial charge in [-0.3, -0.25) is 4.79 Å². The van der Waals surface area contributed by atoms with E-state index in [-0.39, 0.29) is 11.2 Å². The second-order valence-electron chi connectivity index (χ2n) is 6.28. The first-order valence-electron chi connectivity index (χ1n) is 7.41. The van der Waals surface area contributed by atoms with Crippen molar-refractivity contribution in [3.63, 3.8) is 0 Å². The maximum Gasteiger partial charge on any atom is 0.210 e. The number of carbonyl (C=O) groups excluding carboxylic acids is 1. The van der Waals surface area contributed by atoms with Crippen molar-refractivity contribution in [1.82, 2.24) is 15.2 Å². The van der Waals surface area contributed by atoms with Gasteiger partial charge in [-0.05, 0) is 12.1 Å². The van der Waals surface area contributed by atoms with E-state index in [2.05, 4.69) is 15.2 Å². The molecule has 6 nitrogen and oxygen atoms in total. The zero-order chi connectivity index (χ0) is 17.2. The van der Waals surface area contributed by atoms with Crippen LogP contribution in [0.3, 0.4) is 0 Å². The van der Waals surface area contributed by atoms with Crippen LogP contribution in [0.1, 0.15) is 20.8 Å². The Hall–Kier alpha value is -2.41. The van der Waals surface area contributed by atoms with E-state index in [0.717, 1.165) is 11.1 Å². The van der Waals surface area contributed by atoms with Crippen LogP contribution >= 0.6 is 11.8 Å². The molecule has 3 heterocycles. The Balaban J connectivity index is 1.91. The zero-order valence-corrected chi connectivity index (χ0v) is 14.5. The molecule has 0 aromatic carbocycles. The third kappa shape index (κ3) is 3.56. The van der Waals surface area contributed by atoms with E-state index in [0.29, 0.717) is 22.3 Å². The molecule has 0 radical (unpaired) electrons. The second kappa shape index (κ2) is 6.60. The normalized spacial score (nSPS) is 11.6. The standard InChI is InChI=1S/C17H17N3O3S/c1-17(2,3)13(21)10-24-16-18-14(11-4-6-22-8-11)15(19-20-16)12-5-7-23-9-12/h4-9H,10H2,1-3H3. The molecule has 0 fully saturated rings. The number of nitrogens with zero attached hydrogens (tertiary/aromatic N) is 3. The second-order valence-corrected chi connectivity index (χ2v) is 7.22. The van der Waals surface area contributed by atoms with Gasteiger partial charge < -0.3 is 8.83 Å². The molecule has 0 unspecified atom stereocenters. The summed E-state index contributed by atoms with van der Waals surface area (Å²) in [6, 6.07) is 3.60. The largest absolute Gasteiger partial charge is 0.472 e. The van der Waals surface area contributed by atoms with Gasteiger partial charge in [0, 0.05) is 16.5 Å². The molecule has 3 rings (SSSR count). The average Bonchev–Trinajstić information content (AvgIpc) is 3.24. The Kier molecular flexibility index (Phi) is 4.53. The predicted octanol–water partition coefficient (Wildman–Crippen LogP) is 4.10. The molecule has 0 saturated heterocycles. The van der Waals surface area contributed by atoms with Gasteiger partial charge in [0.1, 0.15) is 17.2 Å². The lowest BCUT2D eigenvalue weighted by Gasteiger charge is -2.15. The van der Waals surface area contributed by atoms with Crippen LogP contribution in [0.4, 0.5) is 0 Å². The van der Waals surface area contributed by atoms with Crippen molar-refractivity contribution in [2.45, 2.75) is 25.9 Å². The van der Waals surface area contributed by atoms with Gasteiger partial charge in [0.25, 0.3) is 0 Å². The van der Waals surface area contributed by atoms with Gasteiger partial charge in [0.15, 0.2) is 0 Å². The van der Waals surface area contributed by atoms with Crippen molar-refractivity contribution in [1.29, 1.82) is 0 Å².